The topological polar surface area (TPSA) is 117 Å². The highest BCUT2D eigenvalue weighted by Crippen LogP contribution is 2.50. The Bertz CT molecular complexity index is 1450. The van der Waals surface area contributed by atoms with Crippen molar-refractivity contribution in [3.63, 3.8) is 0 Å². The number of anilines is 2. The molecule has 3 aromatic rings. The van der Waals surface area contributed by atoms with Crippen LogP contribution in [0.2, 0.25) is 0 Å². The van der Waals surface area contributed by atoms with E-state index in [1.807, 2.05) is 18.2 Å². The van der Waals surface area contributed by atoms with Crippen LogP contribution in [-0.2, 0) is 27.3 Å². The average Bonchev–Trinajstić information content (AvgIpc) is 3.54. The number of nitrogens with zero attached hydrogens (tertiary/aromatic N) is 4. The Labute approximate surface area is 210 Å². The molecule has 2 aromatic carbocycles. The van der Waals surface area contributed by atoms with Gasteiger partial charge in [-0.05, 0) is 48.9 Å². The van der Waals surface area contributed by atoms with E-state index in [4.69, 9.17) is 4.84 Å². The van der Waals surface area contributed by atoms with E-state index in [0.717, 1.165) is 41.0 Å². The second-order valence-electron chi connectivity index (χ2n) is 9.02. The number of thiophene rings is 1. The Morgan fingerprint density at radius 1 is 1.06 bits per heavy atom. The van der Waals surface area contributed by atoms with Crippen LogP contribution in [0, 0.1) is 27.4 Å². The number of hydrogen-bond donors (Lipinski definition) is 0. The fraction of sp³-hybridized carbons (Fsp3) is 0.269. The second kappa shape index (κ2) is 8.55. The van der Waals surface area contributed by atoms with Gasteiger partial charge in [0.2, 0.25) is 5.91 Å². The van der Waals surface area contributed by atoms with E-state index in [0.29, 0.717) is 21.8 Å². The number of nitriles is 1. The molecule has 3 atom stereocenters. The normalized spacial score (nSPS) is 22.9. The molecular weight excluding hydrogens is 480 g/mol. The van der Waals surface area contributed by atoms with E-state index in [-0.39, 0.29) is 5.69 Å². The number of fused-ring (bicyclic) bond motifs is 2. The molecule has 1 aromatic heterocycles. The highest BCUT2D eigenvalue weighted by Gasteiger charge is 2.61. The number of aryl methyl sites for hydroxylation is 1. The van der Waals surface area contributed by atoms with Crippen LogP contribution in [0.3, 0.4) is 0 Å². The predicted octanol–water partition coefficient (Wildman–Crippen LogP) is 4.46. The minimum Gasteiger partial charge on any atom is -0.273 e. The first-order chi connectivity index (χ1) is 17.5. The minimum absolute atomic E-state index is 0.115. The van der Waals surface area contributed by atoms with Gasteiger partial charge in [0.1, 0.15) is 17.0 Å². The zero-order valence-electron chi connectivity index (χ0n) is 19.0. The number of nitro benzene ring substituents is 1. The molecule has 2 saturated heterocycles. The molecule has 0 N–H and O–H groups in total. The van der Waals surface area contributed by atoms with Gasteiger partial charge in [-0.25, -0.2) is 9.96 Å². The predicted molar refractivity (Wildman–Crippen MR) is 131 cm³/mol. The highest BCUT2D eigenvalue weighted by atomic mass is 32.1. The Hall–Kier alpha value is -4.07. The summed E-state index contributed by atoms with van der Waals surface area (Å²) in [6, 6.07) is 16.5. The van der Waals surface area contributed by atoms with Crippen LogP contribution in [-0.4, -0.2) is 22.8 Å². The summed E-state index contributed by atoms with van der Waals surface area (Å²) < 4.78 is 0. The van der Waals surface area contributed by atoms with Crippen molar-refractivity contribution >= 4 is 39.5 Å². The molecule has 3 heterocycles. The first kappa shape index (κ1) is 22.4. The summed E-state index contributed by atoms with van der Waals surface area (Å²) in [6.07, 6.45) is 2.45. The van der Waals surface area contributed by atoms with Gasteiger partial charge in [0.05, 0.1) is 22.2 Å². The van der Waals surface area contributed by atoms with Crippen LogP contribution >= 0.6 is 11.3 Å². The number of imide groups is 1. The summed E-state index contributed by atoms with van der Waals surface area (Å²) >= 11 is 1.33. The van der Waals surface area contributed by atoms with Gasteiger partial charge in [-0.2, -0.15) is 5.26 Å². The largest absolute Gasteiger partial charge is 0.273 e. The van der Waals surface area contributed by atoms with E-state index < -0.39 is 34.8 Å². The van der Waals surface area contributed by atoms with Crippen LogP contribution < -0.4 is 9.96 Å². The molecule has 0 spiro atoms. The Kier molecular flexibility index (Phi) is 5.32. The van der Waals surface area contributed by atoms with Crippen LogP contribution in [0.1, 0.15) is 40.5 Å². The van der Waals surface area contributed by atoms with Crippen molar-refractivity contribution in [1.29, 1.82) is 5.26 Å². The molecule has 2 amide bonds. The van der Waals surface area contributed by atoms with Crippen molar-refractivity contribution in [3.8, 4) is 6.07 Å². The summed E-state index contributed by atoms with van der Waals surface area (Å²) in [5.74, 6) is -1.91. The van der Waals surface area contributed by atoms with Crippen molar-refractivity contribution in [3.05, 3.63) is 86.3 Å². The smallest absolute Gasteiger partial charge is 0.269 e. The first-order valence-electron chi connectivity index (χ1n) is 11.7. The monoisotopic (exact) mass is 500 g/mol. The summed E-state index contributed by atoms with van der Waals surface area (Å²) in [4.78, 5) is 46.8. The molecule has 6 rings (SSSR count). The van der Waals surface area contributed by atoms with Crippen LogP contribution in [0.4, 0.5) is 16.4 Å². The molecule has 1 aliphatic carbocycles. The lowest BCUT2D eigenvalue weighted by atomic mass is 9.90. The van der Waals surface area contributed by atoms with Gasteiger partial charge in [0.15, 0.2) is 6.10 Å². The summed E-state index contributed by atoms with van der Waals surface area (Å²) in [7, 11) is 0. The number of non-ortho nitro benzene ring substituents is 1. The van der Waals surface area contributed by atoms with Gasteiger partial charge >= 0.3 is 0 Å². The standard InChI is InChI=1S/C26H20N4O5S/c27-14-19-18-11-4-5-12-20(18)36-26(19)28-24(31)21-22(15-7-6-10-17(13-15)30(33)34)29(35-23(21)25(28)32)16-8-2-1-3-9-16/h1-3,6-10,13,21-23H,4-5,11-12H2/t21-,22-,23-/m1/s1. The highest BCUT2D eigenvalue weighted by molar-refractivity contribution is 7.17. The number of carbonyl (C=O) groups excluding carboxylic acids is 2. The van der Waals surface area contributed by atoms with Gasteiger partial charge in [-0.3, -0.25) is 24.5 Å². The molecule has 36 heavy (non-hydrogen) atoms. The van der Waals surface area contributed by atoms with E-state index in [9.17, 15) is 25.0 Å². The fourth-order valence-corrected chi connectivity index (χ4v) is 6.75. The summed E-state index contributed by atoms with van der Waals surface area (Å²) in [5, 5.41) is 23.2. The van der Waals surface area contributed by atoms with Crippen molar-refractivity contribution in [2.75, 3.05) is 9.96 Å². The SMILES string of the molecule is N#Cc1c(N2C(=O)[C@@H]3[C@@H](c4cccc([N+](=O)[O-])c4)N(c4ccccc4)O[C@H]3C2=O)sc2c1CCCC2. The van der Waals surface area contributed by atoms with Gasteiger partial charge in [0.25, 0.3) is 11.6 Å². The lowest BCUT2D eigenvalue weighted by Crippen LogP contribution is -2.37. The quantitative estimate of drug-likeness (QED) is 0.295. The van der Waals surface area contributed by atoms with Crippen LogP contribution in [0.15, 0.2) is 54.6 Å². The van der Waals surface area contributed by atoms with Gasteiger partial charge < -0.3 is 0 Å². The van der Waals surface area contributed by atoms with E-state index in [1.165, 1.54) is 28.5 Å². The summed E-state index contributed by atoms with van der Waals surface area (Å²) in [6.45, 7) is 0. The zero-order chi connectivity index (χ0) is 25.0. The first-order valence-corrected chi connectivity index (χ1v) is 12.5. The number of hydrogen-bond acceptors (Lipinski definition) is 8. The Balaban J connectivity index is 1.45. The van der Waals surface area contributed by atoms with E-state index in [1.54, 1.807) is 24.3 Å². The number of nitro groups is 1. The number of benzene rings is 2. The summed E-state index contributed by atoms with van der Waals surface area (Å²) in [5.41, 5.74) is 2.33. The lowest BCUT2D eigenvalue weighted by Gasteiger charge is -2.28. The number of rotatable bonds is 4. The number of para-hydroxylation sites is 1. The molecular formula is C26H20N4O5S. The zero-order valence-corrected chi connectivity index (χ0v) is 19.8. The van der Waals surface area contributed by atoms with Gasteiger partial charge in [0, 0.05) is 17.0 Å². The molecule has 2 aliphatic heterocycles. The van der Waals surface area contributed by atoms with Crippen LogP contribution in [0.25, 0.3) is 0 Å². The van der Waals surface area contributed by atoms with Crippen molar-refractivity contribution in [1.82, 2.24) is 0 Å². The maximum absolute atomic E-state index is 13.9. The third-order valence-electron chi connectivity index (χ3n) is 7.02. The lowest BCUT2D eigenvalue weighted by molar-refractivity contribution is -0.384. The Morgan fingerprint density at radius 3 is 2.58 bits per heavy atom. The van der Waals surface area contributed by atoms with Crippen molar-refractivity contribution in [2.45, 2.75) is 37.8 Å². The van der Waals surface area contributed by atoms with E-state index in [2.05, 4.69) is 6.07 Å². The number of amides is 2. The molecule has 10 heteroatoms. The van der Waals surface area contributed by atoms with Gasteiger partial charge in [-0.1, -0.05) is 30.3 Å². The number of hydroxylamine groups is 1. The molecule has 0 radical (unpaired) electrons. The maximum Gasteiger partial charge on any atom is 0.269 e. The molecule has 3 aliphatic rings. The molecule has 0 bridgehead atoms. The fourth-order valence-electron chi connectivity index (χ4n) is 5.40. The molecule has 0 unspecified atom stereocenters. The molecule has 180 valence electrons. The molecule has 0 saturated carbocycles. The average molecular weight is 501 g/mol. The third-order valence-corrected chi connectivity index (χ3v) is 8.29. The molecule has 2 fully saturated rings. The second-order valence-corrected chi connectivity index (χ2v) is 10.1. The van der Waals surface area contributed by atoms with Crippen molar-refractivity contribution in [2.24, 2.45) is 5.92 Å². The van der Waals surface area contributed by atoms with E-state index >= 15 is 0 Å². The number of carbonyl (C=O) groups is 2. The maximum atomic E-state index is 13.9. The Morgan fingerprint density at radius 2 is 1.83 bits per heavy atom. The van der Waals surface area contributed by atoms with Crippen molar-refractivity contribution < 1.29 is 19.3 Å². The van der Waals surface area contributed by atoms with Gasteiger partial charge in [-0.15, -0.1) is 11.3 Å². The van der Waals surface area contributed by atoms with Crippen LogP contribution in [0.5, 0.6) is 0 Å². The third kappa shape index (κ3) is 3.31. The molecule has 9 nitrogen and oxygen atoms in total. The minimum atomic E-state index is -1.10.